The van der Waals surface area contributed by atoms with Gasteiger partial charge in [-0.2, -0.15) is 0 Å². The third-order valence-electron chi connectivity index (χ3n) is 3.74. The molecule has 1 aromatic rings. The predicted octanol–water partition coefficient (Wildman–Crippen LogP) is 5.80. The van der Waals surface area contributed by atoms with Gasteiger partial charge in [0.15, 0.2) is 5.78 Å². The van der Waals surface area contributed by atoms with Gasteiger partial charge in [-0.05, 0) is 37.6 Å². The molecule has 0 heterocycles. The van der Waals surface area contributed by atoms with Crippen molar-refractivity contribution in [2.45, 2.75) is 71.6 Å². The molecule has 0 aliphatic carbocycles. The van der Waals surface area contributed by atoms with Gasteiger partial charge in [0.25, 0.3) is 0 Å². The van der Waals surface area contributed by atoms with Crippen LogP contribution in [0.5, 0.6) is 5.75 Å². The van der Waals surface area contributed by atoms with E-state index in [1.807, 2.05) is 31.2 Å². The molecule has 2 heteroatoms. The van der Waals surface area contributed by atoms with E-state index in [9.17, 15) is 4.79 Å². The van der Waals surface area contributed by atoms with Gasteiger partial charge in [-0.15, -0.1) is 0 Å². The van der Waals surface area contributed by atoms with E-state index >= 15 is 0 Å². The zero-order valence-corrected chi connectivity index (χ0v) is 13.7. The minimum atomic E-state index is 0.254. The third kappa shape index (κ3) is 7.89. The lowest BCUT2D eigenvalue weighted by Crippen LogP contribution is -1.99. The summed E-state index contributed by atoms with van der Waals surface area (Å²) in [7, 11) is 0. The SMILES string of the molecule is CCCCCCCCCCC(=O)c1ccc(OCC)cc1. The first-order chi connectivity index (χ1) is 10.3. The van der Waals surface area contributed by atoms with Crippen molar-refractivity contribution in [1.82, 2.24) is 0 Å². The van der Waals surface area contributed by atoms with Crippen LogP contribution in [0.25, 0.3) is 0 Å². The minimum absolute atomic E-state index is 0.254. The van der Waals surface area contributed by atoms with Crippen molar-refractivity contribution in [1.29, 1.82) is 0 Å². The predicted molar refractivity (Wildman–Crippen MR) is 89.2 cm³/mol. The quantitative estimate of drug-likeness (QED) is 0.359. The van der Waals surface area contributed by atoms with Crippen LogP contribution in [0.2, 0.25) is 0 Å². The van der Waals surface area contributed by atoms with Crippen LogP contribution in [0.15, 0.2) is 24.3 Å². The second-order valence-electron chi connectivity index (χ2n) is 5.61. The number of unbranched alkanes of at least 4 members (excludes halogenated alkanes) is 7. The Morgan fingerprint density at radius 3 is 2.00 bits per heavy atom. The fraction of sp³-hybridized carbons (Fsp3) is 0.632. The number of benzene rings is 1. The van der Waals surface area contributed by atoms with Crippen LogP contribution >= 0.6 is 0 Å². The normalized spacial score (nSPS) is 10.6. The zero-order chi connectivity index (χ0) is 15.3. The van der Waals surface area contributed by atoms with E-state index in [4.69, 9.17) is 4.74 Å². The van der Waals surface area contributed by atoms with Crippen molar-refractivity contribution >= 4 is 5.78 Å². The van der Waals surface area contributed by atoms with Crippen molar-refractivity contribution < 1.29 is 9.53 Å². The van der Waals surface area contributed by atoms with Crippen LogP contribution in [-0.2, 0) is 0 Å². The van der Waals surface area contributed by atoms with Gasteiger partial charge in [0.1, 0.15) is 5.75 Å². The summed E-state index contributed by atoms with van der Waals surface area (Å²) in [5, 5.41) is 0. The molecule has 0 N–H and O–H groups in total. The molecule has 0 fully saturated rings. The lowest BCUT2D eigenvalue weighted by Gasteiger charge is -2.05. The molecule has 0 aliphatic rings. The molecule has 0 radical (unpaired) electrons. The van der Waals surface area contributed by atoms with Crippen molar-refractivity contribution in [2.75, 3.05) is 6.61 Å². The van der Waals surface area contributed by atoms with E-state index in [0.29, 0.717) is 13.0 Å². The topological polar surface area (TPSA) is 26.3 Å². The molecule has 1 rings (SSSR count). The van der Waals surface area contributed by atoms with Crippen LogP contribution in [0, 0.1) is 0 Å². The fourth-order valence-electron chi connectivity index (χ4n) is 2.47. The molecule has 2 nitrogen and oxygen atoms in total. The number of carbonyl (C=O) groups is 1. The highest BCUT2D eigenvalue weighted by Gasteiger charge is 2.05. The molecule has 0 aliphatic heterocycles. The highest BCUT2D eigenvalue weighted by molar-refractivity contribution is 5.96. The fourth-order valence-corrected chi connectivity index (χ4v) is 2.47. The maximum absolute atomic E-state index is 12.0. The van der Waals surface area contributed by atoms with E-state index in [2.05, 4.69) is 6.92 Å². The molecule has 118 valence electrons. The van der Waals surface area contributed by atoms with Gasteiger partial charge >= 0.3 is 0 Å². The van der Waals surface area contributed by atoms with Crippen molar-refractivity contribution in [3.05, 3.63) is 29.8 Å². The summed E-state index contributed by atoms with van der Waals surface area (Å²) in [5.74, 6) is 1.09. The summed E-state index contributed by atoms with van der Waals surface area (Å²) in [6, 6.07) is 7.51. The Labute approximate surface area is 129 Å². The van der Waals surface area contributed by atoms with Crippen LogP contribution in [-0.4, -0.2) is 12.4 Å². The van der Waals surface area contributed by atoms with Crippen LogP contribution in [0.3, 0.4) is 0 Å². The third-order valence-corrected chi connectivity index (χ3v) is 3.74. The zero-order valence-electron chi connectivity index (χ0n) is 13.7. The number of ether oxygens (including phenoxy) is 1. The number of ketones is 1. The summed E-state index contributed by atoms with van der Waals surface area (Å²) in [6.07, 6.45) is 10.8. The molecule has 0 amide bonds. The van der Waals surface area contributed by atoms with Gasteiger partial charge in [-0.1, -0.05) is 51.9 Å². The molecule has 21 heavy (non-hydrogen) atoms. The Morgan fingerprint density at radius 2 is 1.43 bits per heavy atom. The van der Waals surface area contributed by atoms with Gasteiger partial charge in [-0.3, -0.25) is 4.79 Å². The Balaban J connectivity index is 2.13. The first-order valence-electron chi connectivity index (χ1n) is 8.54. The molecule has 1 aromatic carbocycles. The molecule has 0 atom stereocenters. The lowest BCUT2D eigenvalue weighted by atomic mass is 10.0. The largest absolute Gasteiger partial charge is 0.494 e. The van der Waals surface area contributed by atoms with E-state index < -0.39 is 0 Å². The molecule has 0 bridgehead atoms. The molecule has 0 aromatic heterocycles. The first kappa shape index (κ1) is 17.7. The number of carbonyl (C=O) groups excluding carboxylic acids is 1. The molecule has 0 unspecified atom stereocenters. The number of hydrogen-bond donors (Lipinski definition) is 0. The first-order valence-corrected chi connectivity index (χ1v) is 8.54. The van der Waals surface area contributed by atoms with Crippen molar-refractivity contribution in [3.8, 4) is 5.75 Å². The summed E-state index contributed by atoms with van der Waals surface area (Å²) >= 11 is 0. The lowest BCUT2D eigenvalue weighted by molar-refractivity contribution is 0.0979. The smallest absolute Gasteiger partial charge is 0.162 e. The van der Waals surface area contributed by atoms with Gasteiger partial charge < -0.3 is 4.74 Å². The van der Waals surface area contributed by atoms with Gasteiger partial charge in [0.2, 0.25) is 0 Å². The number of hydrogen-bond acceptors (Lipinski definition) is 2. The average Bonchev–Trinajstić information content (AvgIpc) is 2.51. The molecule has 0 spiro atoms. The molecular weight excluding hydrogens is 260 g/mol. The summed E-state index contributed by atoms with van der Waals surface area (Å²) in [4.78, 5) is 12.0. The van der Waals surface area contributed by atoms with E-state index in [1.165, 1.54) is 44.9 Å². The van der Waals surface area contributed by atoms with E-state index in [-0.39, 0.29) is 5.78 Å². The Hall–Kier alpha value is -1.31. The number of rotatable bonds is 12. The minimum Gasteiger partial charge on any atom is -0.494 e. The standard InChI is InChI=1S/C19H30O2/c1-3-5-6-7-8-9-10-11-12-19(20)17-13-15-18(16-14-17)21-4-2/h13-16H,3-12H2,1-2H3. The average molecular weight is 290 g/mol. The van der Waals surface area contributed by atoms with Crippen LogP contribution in [0.4, 0.5) is 0 Å². The molecule has 0 saturated carbocycles. The Kier molecular flexibility index (Phi) is 9.60. The van der Waals surface area contributed by atoms with Gasteiger partial charge in [-0.25, -0.2) is 0 Å². The summed E-state index contributed by atoms with van der Waals surface area (Å²) in [6.45, 7) is 4.86. The Bertz CT molecular complexity index is 381. The molecule has 0 saturated heterocycles. The Morgan fingerprint density at radius 1 is 0.857 bits per heavy atom. The summed E-state index contributed by atoms with van der Waals surface area (Å²) in [5.41, 5.74) is 0.807. The van der Waals surface area contributed by atoms with Gasteiger partial charge in [0, 0.05) is 12.0 Å². The maximum atomic E-state index is 12.0. The van der Waals surface area contributed by atoms with Crippen LogP contribution in [0.1, 0.15) is 82.0 Å². The second kappa shape index (κ2) is 11.4. The monoisotopic (exact) mass is 290 g/mol. The highest BCUT2D eigenvalue weighted by atomic mass is 16.5. The number of Topliss-reactive ketones (excluding diaryl/α,β-unsaturated/α-hetero) is 1. The second-order valence-corrected chi connectivity index (χ2v) is 5.61. The van der Waals surface area contributed by atoms with E-state index in [0.717, 1.165) is 17.7 Å². The van der Waals surface area contributed by atoms with Crippen LogP contribution < -0.4 is 4.74 Å². The summed E-state index contributed by atoms with van der Waals surface area (Å²) < 4.78 is 5.38. The molecular formula is C19H30O2. The van der Waals surface area contributed by atoms with E-state index in [1.54, 1.807) is 0 Å². The van der Waals surface area contributed by atoms with Crippen molar-refractivity contribution in [3.63, 3.8) is 0 Å². The van der Waals surface area contributed by atoms with Gasteiger partial charge in [0.05, 0.1) is 6.61 Å². The maximum Gasteiger partial charge on any atom is 0.162 e. The highest BCUT2D eigenvalue weighted by Crippen LogP contribution is 2.15. The van der Waals surface area contributed by atoms with Crippen molar-refractivity contribution in [2.24, 2.45) is 0 Å².